The maximum absolute atomic E-state index is 11.6. The zero-order valence-corrected chi connectivity index (χ0v) is 10.6. The molecule has 0 radical (unpaired) electrons. The fraction of sp³-hybridized carbons (Fsp3) is 0.231. The zero-order valence-electron chi connectivity index (χ0n) is 10.6. The number of nitrogens with zero attached hydrogens (tertiary/aromatic N) is 1. The highest BCUT2D eigenvalue weighted by Crippen LogP contribution is 2.25. The van der Waals surface area contributed by atoms with Crippen LogP contribution >= 0.6 is 0 Å². The lowest BCUT2D eigenvalue weighted by atomic mass is 10.3. The van der Waals surface area contributed by atoms with E-state index in [0.29, 0.717) is 23.0 Å². The first-order chi connectivity index (χ1) is 8.61. The number of H-pyrrole nitrogens is 1. The number of hydrogen-bond donors (Lipinski definition) is 2. The van der Waals surface area contributed by atoms with Crippen molar-refractivity contribution in [3.05, 3.63) is 45.9 Å². The summed E-state index contributed by atoms with van der Waals surface area (Å²) in [4.78, 5) is 18.6. The topological polar surface area (TPSA) is 67.0 Å². The lowest BCUT2D eigenvalue weighted by Crippen LogP contribution is -2.15. The van der Waals surface area contributed by atoms with Gasteiger partial charge in [-0.15, -0.1) is 0 Å². The number of ether oxygens (including phenoxy) is 1. The van der Waals surface area contributed by atoms with Gasteiger partial charge in [0.25, 0.3) is 5.56 Å². The number of anilines is 2. The molecule has 0 spiro atoms. The number of hydrogen-bond acceptors (Lipinski definition) is 4. The van der Waals surface area contributed by atoms with Gasteiger partial charge in [0.05, 0.1) is 12.8 Å². The fourth-order valence-corrected chi connectivity index (χ4v) is 1.58. The second-order valence-corrected chi connectivity index (χ2v) is 3.95. The third kappa shape index (κ3) is 2.34. The van der Waals surface area contributed by atoms with E-state index in [2.05, 4.69) is 15.3 Å². The molecule has 0 aliphatic rings. The molecule has 1 aromatic carbocycles. The summed E-state index contributed by atoms with van der Waals surface area (Å²) in [7, 11) is 1.59. The lowest BCUT2D eigenvalue weighted by Gasteiger charge is -2.10. The molecule has 94 valence electrons. The maximum atomic E-state index is 11.6. The van der Waals surface area contributed by atoms with Crippen molar-refractivity contribution in [1.82, 2.24) is 9.97 Å². The quantitative estimate of drug-likeness (QED) is 0.869. The van der Waals surface area contributed by atoms with Crippen LogP contribution in [0, 0.1) is 13.8 Å². The predicted molar refractivity (Wildman–Crippen MR) is 70.6 cm³/mol. The van der Waals surface area contributed by atoms with Gasteiger partial charge in [0.2, 0.25) is 5.95 Å². The average Bonchev–Trinajstić information content (AvgIpc) is 2.36. The molecular formula is C13H15N3O2. The van der Waals surface area contributed by atoms with Gasteiger partial charge < -0.3 is 10.1 Å². The maximum Gasteiger partial charge on any atom is 0.255 e. The summed E-state index contributed by atoms with van der Waals surface area (Å²) in [5, 5.41) is 3.04. The van der Waals surface area contributed by atoms with Gasteiger partial charge in [-0.3, -0.25) is 9.78 Å². The summed E-state index contributed by atoms with van der Waals surface area (Å²) in [5.74, 6) is 1.10. The van der Waals surface area contributed by atoms with E-state index in [1.54, 1.807) is 21.0 Å². The molecule has 1 aromatic heterocycles. The van der Waals surface area contributed by atoms with Crippen molar-refractivity contribution in [3.8, 4) is 5.75 Å². The van der Waals surface area contributed by atoms with Gasteiger partial charge in [-0.25, -0.2) is 4.98 Å². The highest BCUT2D eigenvalue weighted by atomic mass is 16.5. The van der Waals surface area contributed by atoms with Crippen molar-refractivity contribution in [1.29, 1.82) is 0 Å². The molecule has 0 bridgehead atoms. The fourth-order valence-electron chi connectivity index (χ4n) is 1.58. The van der Waals surface area contributed by atoms with Gasteiger partial charge in [-0.05, 0) is 26.0 Å². The van der Waals surface area contributed by atoms with E-state index in [-0.39, 0.29) is 5.56 Å². The number of aromatic nitrogens is 2. The Labute approximate surface area is 105 Å². The van der Waals surface area contributed by atoms with Crippen LogP contribution in [0.5, 0.6) is 5.75 Å². The average molecular weight is 245 g/mol. The highest BCUT2D eigenvalue weighted by molar-refractivity contribution is 5.62. The number of nitrogens with one attached hydrogen (secondary N) is 2. The van der Waals surface area contributed by atoms with Crippen LogP contribution < -0.4 is 15.6 Å². The summed E-state index contributed by atoms with van der Waals surface area (Å²) < 4.78 is 5.22. The van der Waals surface area contributed by atoms with Crippen LogP contribution in [0.25, 0.3) is 0 Å². The lowest BCUT2D eigenvalue weighted by molar-refractivity contribution is 0.417. The molecule has 5 heteroatoms. The molecule has 2 N–H and O–H groups in total. The van der Waals surface area contributed by atoms with Crippen molar-refractivity contribution in [2.75, 3.05) is 12.4 Å². The normalized spacial score (nSPS) is 10.2. The van der Waals surface area contributed by atoms with Crippen LogP contribution in [0.4, 0.5) is 11.6 Å². The molecule has 0 atom stereocenters. The van der Waals surface area contributed by atoms with E-state index >= 15 is 0 Å². The number of rotatable bonds is 3. The van der Waals surface area contributed by atoms with Crippen molar-refractivity contribution in [2.45, 2.75) is 13.8 Å². The molecule has 1 heterocycles. The Morgan fingerprint density at radius 1 is 1.28 bits per heavy atom. The van der Waals surface area contributed by atoms with E-state index in [9.17, 15) is 4.79 Å². The minimum absolute atomic E-state index is 0.139. The van der Waals surface area contributed by atoms with Gasteiger partial charge >= 0.3 is 0 Å². The van der Waals surface area contributed by atoms with Crippen LogP contribution in [-0.2, 0) is 0 Å². The molecule has 2 aromatic rings. The van der Waals surface area contributed by atoms with Crippen molar-refractivity contribution >= 4 is 11.6 Å². The molecule has 0 aliphatic carbocycles. The number of methoxy groups -OCH3 is 1. The molecule has 0 aliphatic heterocycles. The Kier molecular flexibility index (Phi) is 3.32. The van der Waals surface area contributed by atoms with E-state index in [4.69, 9.17) is 4.74 Å². The Balaban J connectivity index is 2.37. The monoisotopic (exact) mass is 245 g/mol. The molecule has 2 rings (SSSR count). The van der Waals surface area contributed by atoms with Crippen LogP contribution in [0.3, 0.4) is 0 Å². The minimum Gasteiger partial charge on any atom is -0.495 e. The largest absolute Gasteiger partial charge is 0.495 e. The number of aromatic amines is 1. The molecule has 0 saturated heterocycles. The second kappa shape index (κ2) is 4.91. The second-order valence-electron chi connectivity index (χ2n) is 3.95. The predicted octanol–water partition coefficient (Wildman–Crippen LogP) is 2.14. The molecule has 0 saturated carbocycles. The Morgan fingerprint density at radius 2 is 2.00 bits per heavy atom. The summed E-state index contributed by atoms with van der Waals surface area (Å²) in [6.45, 7) is 3.55. The first kappa shape index (κ1) is 12.2. The third-order valence-corrected chi connectivity index (χ3v) is 2.75. The molecule has 0 amide bonds. The van der Waals surface area contributed by atoms with E-state index in [1.165, 1.54) is 0 Å². The molecule has 0 unspecified atom stereocenters. The highest BCUT2D eigenvalue weighted by Gasteiger charge is 2.06. The number of para-hydroxylation sites is 2. The summed E-state index contributed by atoms with van der Waals surface area (Å²) in [6.07, 6.45) is 0. The van der Waals surface area contributed by atoms with Crippen LogP contribution in [0.15, 0.2) is 29.1 Å². The Morgan fingerprint density at radius 3 is 2.67 bits per heavy atom. The summed E-state index contributed by atoms with van der Waals surface area (Å²) >= 11 is 0. The van der Waals surface area contributed by atoms with Gasteiger partial charge in [0.15, 0.2) is 0 Å². The third-order valence-electron chi connectivity index (χ3n) is 2.75. The first-order valence-corrected chi connectivity index (χ1v) is 5.59. The molecule has 18 heavy (non-hydrogen) atoms. The van der Waals surface area contributed by atoms with Gasteiger partial charge in [0, 0.05) is 11.3 Å². The first-order valence-electron chi connectivity index (χ1n) is 5.59. The zero-order chi connectivity index (χ0) is 13.1. The Bertz CT molecular complexity index is 620. The van der Waals surface area contributed by atoms with E-state index in [0.717, 1.165) is 5.69 Å². The number of aryl methyl sites for hydroxylation is 1. The number of benzene rings is 1. The molecular weight excluding hydrogens is 230 g/mol. The molecule has 0 fully saturated rings. The van der Waals surface area contributed by atoms with Crippen molar-refractivity contribution in [3.63, 3.8) is 0 Å². The van der Waals surface area contributed by atoms with Crippen LogP contribution in [0.1, 0.15) is 11.3 Å². The van der Waals surface area contributed by atoms with Gasteiger partial charge in [-0.1, -0.05) is 12.1 Å². The van der Waals surface area contributed by atoms with Gasteiger partial charge in [0.1, 0.15) is 5.75 Å². The van der Waals surface area contributed by atoms with Crippen molar-refractivity contribution in [2.24, 2.45) is 0 Å². The molecule has 5 nitrogen and oxygen atoms in total. The van der Waals surface area contributed by atoms with Gasteiger partial charge in [-0.2, -0.15) is 0 Å². The van der Waals surface area contributed by atoms with Crippen molar-refractivity contribution < 1.29 is 4.74 Å². The van der Waals surface area contributed by atoms with Crippen LogP contribution in [0.2, 0.25) is 0 Å². The standard InChI is InChI=1S/C13H15N3O2/c1-8-9(2)14-13(16-12(8)17)15-10-6-4-5-7-11(10)18-3/h4-7H,1-3H3,(H2,14,15,16,17). The van der Waals surface area contributed by atoms with Crippen LogP contribution in [-0.4, -0.2) is 17.1 Å². The van der Waals surface area contributed by atoms with E-state index < -0.39 is 0 Å². The smallest absolute Gasteiger partial charge is 0.255 e. The SMILES string of the molecule is COc1ccccc1Nc1nc(C)c(C)c(=O)[nH]1. The minimum atomic E-state index is -0.139. The Hall–Kier alpha value is -2.30. The van der Waals surface area contributed by atoms with E-state index in [1.807, 2.05) is 24.3 Å². The summed E-state index contributed by atoms with van der Waals surface area (Å²) in [5.41, 5.74) is 1.95. The summed E-state index contributed by atoms with van der Waals surface area (Å²) in [6, 6.07) is 7.44.